The highest BCUT2D eigenvalue weighted by molar-refractivity contribution is 5.62. The van der Waals surface area contributed by atoms with Gasteiger partial charge in [0.05, 0.1) is 0 Å². The van der Waals surface area contributed by atoms with Crippen LogP contribution in [0.15, 0.2) is 17.1 Å². The van der Waals surface area contributed by atoms with Gasteiger partial charge >= 0.3 is 0 Å². The molecule has 0 saturated carbocycles. The van der Waals surface area contributed by atoms with E-state index in [-0.39, 0.29) is 12.4 Å². The molecule has 0 saturated heterocycles. The second-order valence-electron chi connectivity index (χ2n) is 4.66. The molecule has 2 unspecified atom stereocenters. The zero-order valence-corrected chi connectivity index (χ0v) is 11.2. The van der Waals surface area contributed by atoms with Crippen LogP contribution in [-0.4, -0.2) is 35.2 Å². The van der Waals surface area contributed by atoms with Gasteiger partial charge in [0.25, 0.3) is 0 Å². The highest BCUT2D eigenvalue weighted by Crippen LogP contribution is 2.17. The van der Waals surface area contributed by atoms with Gasteiger partial charge in [0.1, 0.15) is 12.4 Å². The van der Waals surface area contributed by atoms with Gasteiger partial charge in [0, 0.05) is 12.8 Å². The van der Waals surface area contributed by atoms with Crippen molar-refractivity contribution in [1.82, 2.24) is 4.90 Å². The zero-order valence-electron chi connectivity index (χ0n) is 11.2. The second kappa shape index (κ2) is 8.43. The Morgan fingerprint density at radius 1 is 1.41 bits per heavy atom. The van der Waals surface area contributed by atoms with Gasteiger partial charge in [-0.3, -0.25) is 9.89 Å². The van der Waals surface area contributed by atoms with Gasteiger partial charge < -0.3 is 5.11 Å². The highest BCUT2D eigenvalue weighted by atomic mass is 16.3. The topological polar surface area (TPSA) is 35.8 Å². The standard InChI is InChI=1S/C14H26N2O/c1-3-4-5-6-7-8-9-10-14-15-11-12-16(14)13(2)17/h4-5,11,13-14,17H,3,6-10,12H2,1-2H3/b5-4+. The molecule has 0 fully saturated rings. The van der Waals surface area contributed by atoms with E-state index in [1.807, 2.05) is 18.0 Å². The number of aliphatic hydroxyl groups excluding tert-OH is 1. The molecule has 0 aliphatic carbocycles. The summed E-state index contributed by atoms with van der Waals surface area (Å²) in [4.78, 5) is 6.45. The van der Waals surface area contributed by atoms with Gasteiger partial charge in [-0.25, -0.2) is 0 Å². The minimum absolute atomic E-state index is 0.209. The lowest BCUT2D eigenvalue weighted by Gasteiger charge is -2.25. The lowest BCUT2D eigenvalue weighted by molar-refractivity contribution is 0.00711. The van der Waals surface area contributed by atoms with E-state index >= 15 is 0 Å². The maximum atomic E-state index is 9.56. The van der Waals surface area contributed by atoms with Crippen LogP contribution in [0, 0.1) is 0 Å². The van der Waals surface area contributed by atoms with Crippen LogP contribution >= 0.6 is 0 Å². The predicted molar refractivity (Wildman–Crippen MR) is 73.2 cm³/mol. The third kappa shape index (κ3) is 5.46. The molecular formula is C14H26N2O. The largest absolute Gasteiger partial charge is 0.379 e. The van der Waals surface area contributed by atoms with E-state index in [0.29, 0.717) is 0 Å². The Balaban J connectivity index is 2.06. The number of hydrogen-bond acceptors (Lipinski definition) is 3. The molecule has 0 amide bonds. The molecule has 0 aromatic heterocycles. The lowest BCUT2D eigenvalue weighted by Crippen LogP contribution is -2.37. The molecule has 0 spiro atoms. The number of allylic oxidation sites excluding steroid dienone is 2. The molecular weight excluding hydrogens is 212 g/mol. The van der Waals surface area contributed by atoms with Crippen LogP contribution in [0.3, 0.4) is 0 Å². The van der Waals surface area contributed by atoms with Crippen LogP contribution in [0.1, 0.15) is 52.4 Å². The minimum Gasteiger partial charge on any atom is -0.379 e. The summed E-state index contributed by atoms with van der Waals surface area (Å²) in [5.74, 6) is 0. The molecule has 0 aromatic carbocycles. The quantitative estimate of drug-likeness (QED) is 0.521. The number of rotatable bonds is 8. The number of aliphatic hydroxyl groups is 1. The van der Waals surface area contributed by atoms with Crippen molar-refractivity contribution in [3.05, 3.63) is 12.2 Å². The van der Waals surface area contributed by atoms with E-state index in [0.717, 1.165) is 19.4 Å². The van der Waals surface area contributed by atoms with Crippen molar-refractivity contribution in [2.45, 2.75) is 64.8 Å². The minimum atomic E-state index is -0.380. The summed E-state index contributed by atoms with van der Waals surface area (Å²) in [5.41, 5.74) is 0. The SMILES string of the molecule is CC/C=C/CCCCCC1N=CCN1C(C)O. The smallest absolute Gasteiger partial charge is 0.106 e. The first-order valence-electron chi connectivity index (χ1n) is 6.86. The third-order valence-corrected chi connectivity index (χ3v) is 3.17. The van der Waals surface area contributed by atoms with Crippen molar-refractivity contribution in [2.75, 3.05) is 6.54 Å². The van der Waals surface area contributed by atoms with Gasteiger partial charge in [-0.15, -0.1) is 0 Å². The Morgan fingerprint density at radius 2 is 2.24 bits per heavy atom. The van der Waals surface area contributed by atoms with E-state index in [9.17, 15) is 5.11 Å². The van der Waals surface area contributed by atoms with Crippen molar-refractivity contribution in [3.8, 4) is 0 Å². The highest BCUT2D eigenvalue weighted by Gasteiger charge is 2.23. The third-order valence-electron chi connectivity index (χ3n) is 3.17. The Kier molecular flexibility index (Phi) is 7.13. The average Bonchev–Trinajstić information content (AvgIpc) is 2.76. The molecule has 3 heteroatoms. The molecule has 3 nitrogen and oxygen atoms in total. The van der Waals surface area contributed by atoms with Crippen molar-refractivity contribution < 1.29 is 5.11 Å². The summed E-state index contributed by atoms with van der Waals surface area (Å²) in [6.07, 6.45) is 13.4. The number of hydrogen-bond donors (Lipinski definition) is 1. The lowest BCUT2D eigenvalue weighted by atomic mass is 10.1. The normalized spacial score (nSPS) is 22.6. The molecule has 1 N–H and O–H groups in total. The Bertz CT molecular complexity index is 249. The van der Waals surface area contributed by atoms with Gasteiger partial charge in [0.2, 0.25) is 0 Å². The van der Waals surface area contributed by atoms with Gasteiger partial charge in [0.15, 0.2) is 0 Å². The summed E-state index contributed by atoms with van der Waals surface area (Å²) < 4.78 is 0. The van der Waals surface area contributed by atoms with E-state index in [4.69, 9.17) is 0 Å². The predicted octanol–water partition coefficient (Wildman–Crippen LogP) is 2.95. The number of aliphatic imine (C=N–C) groups is 1. The van der Waals surface area contributed by atoms with Crippen LogP contribution in [-0.2, 0) is 0 Å². The Hall–Kier alpha value is -0.670. The zero-order chi connectivity index (χ0) is 12.5. The summed E-state index contributed by atoms with van der Waals surface area (Å²) >= 11 is 0. The van der Waals surface area contributed by atoms with Crippen molar-refractivity contribution in [2.24, 2.45) is 4.99 Å². The first-order chi connectivity index (χ1) is 8.25. The average molecular weight is 238 g/mol. The Labute approximate surface area is 105 Å². The summed E-state index contributed by atoms with van der Waals surface area (Å²) in [7, 11) is 0. The maximum Gasteiger partial charge on any atom is 0.106 e. The van der Waals surface area contributed by atoms with Crippen LogP contribution < -0.4 is 0 Å². The van der Waals surface area contributed by atoms with Gasteiger partial charge in [-0.1, -0.05) is 25.5 Å². The molecule has 1 aliphatic rings. The number of nitrogens with zero attached hydrogens (tertiary/aromatic N) is 2. The summed E-state index contributed by atoms with van der Waals surface area (Å²) in [5, 5.41) is 9.56. The fourth-order valence-electron chi connectivity index (χ4n) is 2.16. The van der Waals surface area contributed by atoms with Crippen molar-refractivity contribution in [3.63, 3.8) is 0 Å². The molecule has 1 rings (SSSR count). The van der Waals surface area contributed by atoms with E-state index in [1.54, 1.807) is 0 Å². The maximum absolute atomic E-state index is 9.56. The molecule has 2 atom stereocenters. The van der Waals surface area contributed by atoms with Crippen LogP contribution in [0.25, 0.3) is 0 Å². The monoisotopic (exact) mass is 238 g/mol. The fourth-order valence-corrected chi connectivity index (χ4v) is 2.16. The molecule has 0 bridgehead atoms. The Morgan fingerprint density at radius 3 is 2.94 bits per heavy atom. The summed E-state index contributed by atoms with van der Waals surface area (Å²) in [6.45, 7) is 4.78. The second-order valence-corrected chi connectivity index (χ2v) is 4.66. The molecule has 1 heterocycles. The molecule has 0 aromatic rings. The van der Waals surface area contributed by atoms with Gasteiger partial charge in [-0.2, -0.15) is 0 Å². The summed E-state index contributed by atoms with van der Waals surface area (Å²) in [6, 6.07) is 0. The van der Waals surface area contributed by atoms with Crippen molar-refractivity contribution >= 4 is 6.21 Å². The van der Waals surface area contributed by atoms with E-state index in [1.165, 1.54) is 25.7 Å². The van der Waals surface area contributed by atoms with Crippen LogP contribution in [0.2, 0.25) is 0 Å². The van der Waals surface area contributed by atoms with E-state index in [2.05, 4.69) is 24.1 Å². The van der Waals surface area contributed by atoms with E-state index < -0.39 is 0 Å². The first kappa shape index (κ1) is 14.4. The molecule has 1 aliphatic heterocycles. The molecule has 0 radical (unpaired) electrons. The van der Waals surface area contributed by atoms with Crippen molar-refractivity contribution in [1.29, 1.82) is 0 Å². The van der Waals surface area contributed by atoms with Crippen LogP contribution in [0.5, 0.6) is 0 Å². The van der Waals surface area contributed by atoms with Crippen LogP contribution in [0.4, 0.5) is 0 Å². The number of unbranched alkanes of at least 4 members (excludes halogenated alkanes) is 3. The first-order valence-corrected chi connectivity index (χ1v) is 6.86. The molecule has 17 heavy (non-hydrogen) atoms. The molecule has 98 valence electrons. The van der Waals surface area contributed by atoms with Gasteiger partial charge in [-0.05, 0) is 39.0 Å². The fraction of sp³-hybridized carbons (Fsp3) is 0.786.